The molecule has 0 saturated carbocycles. The highest BCUT2D eigenvalue weighted by Gasteiger charge is 2.22. The fourth-order valence-corrected chi connectivity index (χ4v) is 4.65. The number of nitrogens with zero attached hydrogens (tertiary/aromatic N) is 1. The van der Waals surface area contributed by atoms with Gasteiger partial charge in [-0.2, -0.15) is 5.26 Å². The van der Waals surface area contributed by atoms with Crippen molar-refractivity contribution in [2.75, 3.05) is 5.32 Å². The molecule has 1 heterocycles. The third kappa shape index (κ3) is 5.63. The van der Waals surface area contributed by atoms with Gasteiger partial charge in [-0.25, -0.2) is 0 Å². The van der Waals surface area contributed by atoms with Gasteiger partial charge in [0.2, 0.25) is 5.91 Å². The van der Waals surface area contributed by atoms with Gasteiger partial charge < -0.3 is 5.32 Å². The summed E-state index contributed by atoms with van der Waals surface area (Å²) < 4.78 is 0. The molecule has 1 aliphatic carbocycles. The minimum absolute atomic E-state index is 0.0642. The van der Waals surface area contributed by atoms with E-state index in [1.165, 1.54) is 55.4 Å². The van der Waals surface area contributed by atoms with Crippen molar-refractivity contribution in [2.24, 2.45) is 0 Å². The quantitative estimate of drug-likeness (QED) is 0.502. The second-order valence-corrected chi connectivity index (χ2v) is 7.91. The van der Waals surface area contributed by atoms with E-state index < -0.39 is 0 Å². The number of nitriles is 1. The van der Waals surface area contributed by atoms with E-state index >= 15 is 0 Å². The normalized spacial score (nSPS) is 12.8. The summed E-state index contributed by atoms with van der Waals surface area (Å²) in [7, 11) is 0. The molecule has 2 rings (SSSR count). The monoisotopic (exact) mass is 346 g/mol. The van der Waals surface area contributed by atoms with Crippen LogP contribution in [0.25, 0.3) is 0 Å². The lowest BCUT2D eigenvalue weighted by molar-refractivity contribution is -0.116. The summed E-state index contributed by atoms with van der Waals surface area (Å²) in [6.45, 7) is 2.24. The van der Waals surface area contributed by atoms with Crippen LogP contribution in [-0.2, 0) is 17.6 Å². The van der Waals surface area contributed by atoms with E-state index in [-0.39, 0.29) is 5.91 Å². The molecule has 0 fully saturated rings. The van der Waals surface area contributed by atoms with Gasteiger partial charge in [-0.3, -0.25) is 4.79 Å². The molecule has 0 bridgehead atoms. The highest BCUT2D eigenvalue weighted by atomic mass is 32.1. The Balaban J connectivity index is 1.60. The number of fused-ring (bicyclic) bond motifs is 1. The number of nitrogens with one attached hydrogen (secondary N) is 1. The van der Waals surface area contributed by atoms with Crippen LogP contribution < -0.4 is 5.32 Å². The maximum atomic E-state index is 12.1. The molecule has 1 amide bonds. The zero-order valence-corrected chi connectivity index (χ0v) is 15.8. The number of carbonyl (C=O) groups is 1. The van der Waals surface area contributed by atoms with E-state index in [4.69, 9.17) is 0 Å². The average molecular weight is 347 g/mol. The van der Waals surface area contributed by atoms with Crippen molar-refractivity contribution in [2.45, 2.75) is 90.4 Å². The lowest BCUT2D eigenvalue weighted by Crippen LogP contribution is -2.11. The van der Waals surface area contributed by atoms with Crippen LogP contribution in [-0.4, -0.2) is 5.91 Å². The molecule has 0 saturated heterocycles. The van der Waals surface area contributed by atoms with Gasteiger partial charge >= 0.3 is 0 Å². The molecule has 1 N–H and O–H groups in total. The summed E-state index contributed by atoms with van der Waals surface area (Å²) in [5.74, 6) is 0.0642. The number of aryl methyl sites for hydroxylation is 1. The van der Waals surface area contributed by atoms with Crippen LogP contribution >= 0.6 is 11.3 Å². The van der Waals surface area contributed by atoms with E-state index in [1.54, 1.807) is 11.3 Å². The number of unbranched alkanes of at least 4 members (excludes halogenated alkanes) is 8. The van der Waals surface area contributed by atoms with Crippen LogP contribution in [0.4, 0.5) is 5.00 Å². The molecule has 0 unspecified atom stereocenters. The number of anilines is 1. The lowest BCUT2D eigenvalue weighted by atomic mass is 10.1. The van der Waals surface area contributed by atoms with Gasteiger partial charge in [0.1, 0.15) is 11.1 Å². The first kappa shape index (κ1) is 19.0. The SMILES string of the molecule is CCCCCCCCCCCC(=O)Nc1sc2c(c1C#N)CCC2. The fraction of sp³-hybridized carbons (Fsp3) is 0.700. The molecule has 3 nitrogen and oxygen atoms in total. The number of hydrogen-bond donors (Lipinski definition) is 1. The molecular weight excluding hydrogens is 316 g/mol. The second-order valence-electron chi connectivity index (χ2n) is 6.80. The predicted molar refractivity (Wildman–Crippen MR) is 102 cm³/mol. The number of carbonyl (C=O) groups excluding carboxylic acids is 1. The first-order chi connectivity index (χ1) is 11.8. The molecule has 1 aliphatic rings. The summed E-state index contributed by atoms with van der Waals surface area (Å²) in [6.07, 6.45) is 15.1. The van der Waals surface area contributed by atoms with Crippen molar-refractivity contribution >= 4 is 22.2 Å². The molecule has 4 heteroatoms. The Morgan fingerprint density at radius 1 is 1.08 bits per heavy atom. The molecular formula is C20H30N2OS. The Labute approximate surface area is 150 Å². The molecule has 1 aromatic rings. The van der Waals surface area contributed by atoms with Crippen molar-refractivity contribution in [3.63, 3.8) is 0 Å². The van der Waals surface area contributed by atoms with Gasteiger partial charge in [-0.1, -0.05) is 58.3 Å². The van der Waals surface area contributed by atoms with Crippen molar-refractivity contribution in [3.05, 3.63) is 16.0 Å². The molecule has 132 valence electrons. The Kier molecular flexibility index (Phi) is 8.32. The van der Waals surface area contributed by atoms with Gasteiger partial charge in [0, 0.05) is 11.3 Å². The summed E-state index contributed by atoms with van der Waals surface area (Å²) in [6, 6.07) is 2.28. The topological polar surface area (TPSA) is 52.9 Å². The van der Waals surface area contributed by atoms with Gasteiger partial charge in [-0.05, 0) is 31.2 Å². The van der Waals surface area contributed by atoms with Crippen LogP contribution in [0, 0.1) is 11.3 Å². The van der Waals surface area contributed by atoms with E-state index in [0.717, 1.165) is 37.1 Å². The highest BCUT2D eigenvalue weighted by molar-refractivity contribution is 7.16. The van der Waals surface area contributed by atoms with Gasteiger partial charge in [0.25, 0.3) is 0 Å². The van der Waals surface area contributed by atoms with Crippen LogP contribution in [0.5, 0.6) is 0 Å². The molecule has 24 heavy (non-hydrogen) atoms. The molecule has 1 aromatic heterocycles. The zero-order valence-electron chi connectivity index (χ0n) is 15.0. The summed E-state index contributed by atoms with van der Waals surface area (Å²) >= 11 is 1.60. The van der Waals surface area contributed by atoms with Crippen LogP contribution in [0.1, 0.15) is 93.6 Å². The minimum Gasteiger partial charge on any atom is -0.317 e. The summed E-state index contributed by atoms with van der Waals surface area (Å²) in [5.41, 5.74) is 1.90. The second kappa shape index (κ2) is 10.5. The smallest absolute Gasteiger partial charge is 0.225 e. The first-order valence-corrected chi connectivity index (χ1v) is 10.4. The predicted octanol–water partition coefficient (Wildman–Crippen LogP) is 5.97. The third-order valence-corrected chi connectivity index (χ3v) is 6.00. The van der Waals surface area contributed by atoms with E-state index in [1.807, 2.05) is 0 Å². The zero-order chi connectivity index (χ0) is 17.2. The number of thiophene rings is 1. The molecule has 0 spiro atoms. The first-order valence-electron chi connectivity index (χ1n) is 9.60. The largest absolute Gasteiger partial charge is 0.317 e. The Hall–Kier alpha value is -1.34. The number of amides is 1. The number of rotatable bonds is 11. The van der Waals surface area contributed by atoms with Crippen molar-refractivity contribution < 1.29 is 4.79 Å². The molecule has 0 radical (unpaired) electrons. The van der Waals surface area contributed by atoms with Crippen molar-refractivity contribution in [3.8, 4) is 6.07 Å². The number of hydrogen-bond acceptors (Lipinski definition) is 3. The van der Waals surface area contributed by atoms with Gasteiger partial charge in [0.15, 0.2) is 0 Å². The van der Waals surface area contributed by atoms with E-state index in [9.17, 15) is 10.1 Å². The Bertz CT molecular complexity index is 571. The van der Waals surface area contributed by atoms with Gasteiger partial charge in [0.05, 0.1) is 5.56 Å². The summed E-state index contributed by atoms with van der Waals surface area (Å²) in [4.78, 5) is 13.4. The van der Waals surface area contributed by atoms with E-state index in [0.29, 0.717) is 12.0 Å². The van der Waals surface area contributed by atoms with Crippen LogP contribution in [0.3, 0.4) is 0 Å². The van der Waals surface area contributed by atoms with Crippen LogP contribution in [0.2, 0.25) is 0 Å². The molecule has 0 aromatic carbocycles. The standard InChI is InChI=1S/C20H30N2OS/c1-2-3-4-5-6-7-8-9-10-14-19(23)22-20-17(15-21)16-12-11-13-18(16)24-20/h2-14H2,1H3,(H,22,23). The lowest BCUT2D eigenvalue weighted by Gasteiger charge is -2.04. The minimum atomic E-state index is 0.0642. The summed E-state index contributed by atoms with van der Waals surface area (Å²) in [5, 5.41) is 13.1. The Morgan fingerprint density at radius 3 is 2.42 bits per heavy atom. The fourth-order valence-electron chi connectivity index (χ4n) is 3.40. The van der Waals surface area contributed by atoms with Crippen molar-refractivity contribution in [1.29, 1.82) is 5.26 Å². The third-order valence-electron chi connectivity index (χ3n) is 4.79. The average Bonchev–Trinajstić information content (AvgIpc) is 3.13. The maximum absolute atomic E-state index is 12.1. The highest BCUT2D eigenvalue weighted by Crippen LogP contribution is 2.38. The van der Waals surface area contributed by atoms with Gasteiger partial charge in [-0.15, -0.1) is 11.3 Å². The molecule has 0 atom stereocenters. The van der Waals surface area contributed by atoms with Crippen LogP contribution in [0.15, 0.2) is 0 Å². The van der Waals surface area contributed by atoms with Crippen molar-refractivity contribution in [1.82, 2.24) is 0 Å². The Morgan fingerprint density at radius 2 is 1.75 bits per heavy atom. The van der Waals surface area contributed by atoms with E-state index in [2.05, 4.69) is 18.3 Å². The maximum Gasteiger partial charge on any atom is 0.225 e. The molecule has 0 aliphatic heterocycles.